The fourth-order valence-corrected chi connectivity index (χ4v) is 2.30. The Bertz CT molecular complexity index is 698. The van der Waals surface area contributed by atoms with Gasteiger partial charge in [0.15, 0.2) is 5.76 Å². The van der Waals surface area contributed by atoms with Gasteiger partial charge in [-0.15, -0.1) is 0 Å². The molecule has 3 rings (SSSR count). The average Bonchev–Trinajstić information content (AvgIpc) is 2.89. The van der Waals surface area contributed by atoms with Crippen LogP contribution in [0.2, 0.25) is 0 Å². The molecule has 0 radical (unpaired) electrons. The average molecular weight is 286 g/mol. The van der Waals surface area contributed by atoms with Gasteiger partial charge in [0.25, 0.3) is 0 Å². The molecule has 0 saturated carbocycles. The zero-order chi connectivity index (χ0) is 14.8. The topological polar surface area (TPSA) is 65.7 Å². The quantitative estimate of drug-likeness (QED) is 0.811. The largest absolute Gasteiger partial charge is 0.488 e. The number of esters is 1. The van der Waals surface area contributed by atoms with Crippen LogP contribution >= 0.6 is 0 Å². The number of benzene rings is 1. The van der Waals surface area contributed by atoms with Gasteiger partial charge < -0.3 is 13.9 Å². The summed E-state index contributed by atoms with van der Waals surface area (Å²) in [6.07, 6.45) is 1.60. The first-order valence-corrected chi connectivity index (χ1v) is 6.71. The van der Waals surface area contributed by atoms with Crippen LogP contribution in [0.3, 0.4) is 0 Å². The molecule has 0 unspecified atom stereocenters. The molecule has 5 nitrogen and oxygen atoms in total. The van der Waals surface area contributed by atoms with E-state index in [1.165, 1.54) is 6.26 Å². The molecule has 1 aromatic heterocycles. The van der Waals surface area contributed by atoms with Crippen molar-refractivity contribution in [1.29, 1.82) is 0 Å². The lowest BCUT2D eigenvalue weighted by Gasteiger charge is -2.08. The van der Waals surface area contributed by atoms with Gasteiger partial charge in [0.2, 0.25) is 5.78 Å². The minimum Gasteiger partial charge on any atom is -0.488 e. The second-order valence-corrected chi connectivity index (χ2v) is 4.71. The third-order valence-electron chi connectivity index (χ3n) is 3.28. The van der Waals surface area contributed by atoms with E-state index >= 15 is 0 Å². The number of hydrogen-bond donors (Lipinski definition) is 0. The maximum atomic E-state index is 12.5. The summed E-state index contributed by atoms with van der Waals surface area (Å²) in [4.78, 5) is 24.0. The molecule has 1 aromatic carbocycles. The van der Waals surface area contributed by atoms with Gasteiger partial charge in [-0.1, -0.05) is 6.07 Å². The van der Waals surface area contributed by atoms with Crippen molar-refractivity contribution in [1.82, 2.24) is 0 Å². The molecular weight excluding hydrogens is 272 g/mol. The Morgan fingerprint density at radius 2 is 2.19 bits per heavy atom. The summed E-state index contributed by atoms with van der Waals surface area (Å²) in [5, 5.41) is 0. The Morgan fingerprint density at radius 3 is 3.00 bits per heavy atom. The molecule has 5 heteroatoms. The van der Waals surface area contributed by atoms with Crippen LogP contribution in [0.15, 0.2) is 34.9 Å². The third kappa shape index (κ3) is 2.54. The zero-order valence-corrected chi connectivity index (χ0v) is 11.5. The molecule has 1 aliphatic heterocycles. The summed E-state index contributed by atoms with van der Waals surface area (Å²) >= 11 is 0. The third-order valence-corrected chi connectivity index (χ3v) is 3.28. The Hall–Kier alpha value is -2.56. The van der Waals surface area contributed by atoms with Crippen molar-refractivity contribution < 1.29 is 23.5 Å². The van der Waals surface area contributed by atoms with Crippen LogP contribution in [0.5, 0.6) is 5.75 Å². The Kier molecular flexibility index (Phi) is 3.48. The normalized spacial score (nSPS) is 12.9. The lowest BCUT2D eigenvalue weighted by Crippen LogP contribution is -2.09. The van der Waals surface area contributed by atoms with E-state index in [1.54, 1.807) is 31.2 Å². The van der Waals surface area contributed by atoms with Gasteiger partial charge in [0.05, 0.1) is 24.9 Å². The molecule has 21 heavy (non-hydrogen) atoms. The van der Waals surface area contributed by atoms with E-state index in [0.717, 1.165) is 5.56 Å². The van der Waals surface area contributed by atoms with Gasteiger partial charge >= 0.3 is 5.97 Å². The number of ketones is 1. The smallest absolute Gasteiger partial charge is 0.310 e. The van der Waals surface area contributed by atoms with Crippen molar-refractivity contribution >= 4 is 11.8 Å². The highest BCUT2D eigenvalue weighted by Gasteiger charge is 2.25. The lowest BCUT2D eigenvalue weighted by molar-refractivity contribution is -0.142. The molecule has 0 bridgehead atoms. The molecule has 0 spiro atoms. The molecule has 0 N–H and O–H groups in total. The Morgan fingerprint density at radius 1 is 1.33 bits per heavy atom. The van der Waals surface area contributed by atoms with Crippen LogP contribution < -0.4 is 4.74 Å². The summed E-state index contributed by atoms with van der Waals surface area (Å²) in [7, 11) is 0. The molecule has 0 aliphatic carbocycles. The molecule has 0 atom stereocenters. The first-order chi connectivity index (χ1) is 10.2. The predicted molar refractivity (Wildman–Crippen MR) is 73.3 cm³/mol. The second-order valence-electron chi connectivity index (χ2n) is 4.71. The summed E-state index contributed by atoms with van der Waals surface area (Å²) in [5.74, 6) is 0.243. The SMILES string of the molecule is CCOC(=O)Cc1ccc2c(c1)C(=O)c1occc1CO2. The van der Waals surface area contributed by atoms with Crippen LogP contribution in [-0.2, 0) is 22.6 Å². The van der Waals surface area contributed by atoms with Gasteiger partial charge in [-0.3, -0.25) is 9.59 Å². The van der Waals surface area contributed by atoms with Crippen molar-refractivity contribution in [2.45, 2.75) is 20.0 Å². The van der Waals surface area contributed by atoms with E-state index in [-0.39, 0.29) is 18.2 Å². The van der Waals surface area contributed by atoms with Crippen molar-refractivity contribution in [2.24, 2.45) is 0 Å². The van der Waals surface area contributed by atoms with Crippen molar-refractivity contribution in [3.05, 3.63) is 53.0 Å². The summed E-state index contributed by atoms with van der Waals surface area (Å²) in [6, 6.07) is 6.84. The van der Waals surface area contributed by atoms with Crippen LogP contribution in [-0.4, -0.2) is 18.4 Å². The van der Waals surface area contributed by atoms with Crippen LogP contribution in [0.1, 0.15) is 34.2 Å². The Balaban J connectivity index is 1.93. The highest BCUT2D eigenvalue weighted by Crippen LogP contribution is 2.29. The van der Waals surface area contributed by atoms with Gasteiger partial charge in [-0.2, -0.15) is 0 Å². The summed E-state index contributed by atoms with van der Waals surface area (Å²) in [6.45, 7) is 2.38. The highest BCUT2D eigenvalue weighted by molar-refractivity contribution is 6.10. The number of fused-ring (bicyclic) bond motifs is 2. The molecular formula is C16H14O5. The van der Waals surface area contributed by atoms with Crippen LogP contribution in [0.25, 0.3) is 0 Å². The monoisotopic (exact) mass is 286 g/mol. The number of carbonyl (C=O) groups is 2. The standard InChI is InChI=1S/C16H14O5/c1-2-19-14(17)8-10-3-4-13-12(7-10)15(18)16-11(9-21-13)5-6-20-16/h3-7H,2,8-9H2,1H3. The van der Waals surface area contributed by atoms with Crippen molar-refractivity contribution in [2.75, 3.05) is 6.61 Å². The Labute approximate surface area is 121 Å². The van der Waals surface area contributed by atoms with E-state index in [1.807, 2.05) is 0 Å². The zero-order valence-electron chi connectivity index (χ0n) is 11.5. The summed E-state index contributed by atoms with van der Waals surface area (Å²) < 4.78 is 15.8. The number of furan rings is 1. The van der Waals surface area contributed by atoms with Gasteiger partial charge in [0.1, 0.15) is 12.4 Å². The maximum absolute atomic E-state index is 12.5. The highest BCUT2D eigenvalue weighted by atomic mass is 16.5. The van der Waals surface area contributed by atoms with Crippen molar-refractivity contribution in [3.63, 3.8) is 0 Å². The second kappa shape index (κ2) is 5.44. The first-order valence-electron chi connectivity index (χ1n) is 6.71. The van der Waals surface area contributed by atoms with E-state index in [2.05, 4.69) is 0 Å². The minimum absolute atomic E-state index is 0.124. The van der Waals surface area contributed by atoms with E-state index in [0.29, 0.717) is 35.9 Å². The molecule has 0 saturated heterocycles. The number of rotatable bonds is 3. The number of ether oxygens (including phenoxy) is 2. The predicted octanol–water partition coefficient (Wildman–Crippen LogP) is 2.51. The molecule has 0 fully saturated rings. The summed E-state index contributed by atoms with van der Waals surface area (Å²) in [5.41, 5.74) is 1.84. The van der Waals surface area contributed by atoms with E-state index in [4.69, 9.17) is 13.9 Å². The van der Waals surface area contributed by atoms with Crippen molar-refractivity contribution in [3.8, 4) is 5.75 Å². The van der Waals surface area contributed by atoms with E-state index in [9.17, 15) is 9.59 Å². The van der Waals surface area contributed by atoms with E-state index < -0.39 is 0 Å². The van der Waals surface area contributed by atoms with Gasteiger partial charge in [-0.25, -0.2) is 0 Å². The lowest BCUT2D eigenvalue weighted by atomic mass is 10.0. The number of carbonyl (C=O) groups excluding carboxylic acids is 2. The van der Waals surface area contributed by atoms with Crippen LogP contribution in [0.4, 0.5) is 0 Å². The molecule has 1 aliphatic rings. The number of hydrogen-bond acceptors (Lipinski definition) is 5. The molecule has 2 aromatic rings. The minimum atomic E-state index is -0.321. The van der Waals surface area contributed by atoms with Gasteiger partial charge in [-0.05, 0) is 30.7 Å². The fourth-order valence-electron chi connectivity index (χ4n) is 2.30. The first kappa shape index (κ1) is 13.4. The molecule has 2 heterocycles. The molecule has 0 amide bonds. The maximum Gasteiger partial charge on any atom is 0.310 e. The molecule has 108 valence electrons. The fraction of sp³-hybridized carbons (Fsp3) is 0.250. The van der Waals surface area contributed by atoms with Crippen LogP contribution in [0, 0.1) is 0 Å². The van der Waals surface area contributed by atoms with Gasteiger partial charge in [0, 0.05) is 5.56 Å².